The van der Waals surface area contributed by atoms with Gasteiger partial charge in [-0.15, -0.1) is 23.2 Å². The first kappa shape index (κ1) is 25.0. The van der Waals surface area contributed by atoms with Gasteiger partial charge < -0.3 is 10.6 Å². The Morgan fingerprint density at radius 1 is 1.00 bits per heavy atom. The van der Waals surface area contributed by atoms with E-state index in [2.05, 4.69) is 10.6 Å². The second-order valence-electron chi connectivity index (χ2n) is 8.37. The van der Waals surface area contributed by atoms with Crippen LogP contribution in [0.3, 0.4) is 0 Å². The number of carbonyl (C=O) groups excluding carboxylic acids is 2. The molecular weight excluding hydrogens is 526 g/mol. The van der Waals surface area contributed by atoms with Crippen molar-refractivity contribution in [2.75, 3.05) is 5.32 Å². The topological polar surface area (TPSA) is 58.2 Å². The first-order valence-corrected chi connectivity index (χ1v) is 11.2. The van der Waals surface area contributed by atoms with E-state index in [1.165, 1.54) is 30.3 Å². The Kier molecular flexibility index (Phi) is 6.28. The van der Waals surface area contributed by atoms with Crippen molar-refractivity contribution in [1.29, 1.82) is 0 Å². The number of alkyl halides is 7. The predicted octanol–water partition coefficient (Wildman–Crippen LogP) is 6.41. The van der Waals surface area contributed by atoms with Crippen molar-refractivity contribution in [3.05, 3.63) is 64.2 Å². The molecule has 2 amide bonds. The van der Waals surface area contributed by atoms with Crippen molar-refractivity contribution in [1.82, 2.24) is 5.32 Å². The average Bonchev–Trinajstić information content (AvgIpc) is 3.29. The van der Waals surface area contributed by atoms with Crippen LogP contribution in [0.25, 0.3) is 0 Å². The van der Waals surface area contributed by atoms with E-state index in [1.807, 2.05) is 0 Å². The number of carbonyl (C=O) groups is 2. The maximum Gasteiger partial charge on any atom is 0.416 e. The van der Waals surface area contributed by atoms with Gasteiger partial charge >= 0.3 is 6.18 Å². The molecule has 0 aliphatic heterocycles. The summed E-state index contributed by atoms with van der Waals surface area (Å²) in [5.41, 5.74) is -0.315. The van der Waals surface area contributed by atoms with Crippen LogP contribution >= 0.6 is 34.8 Å². The van der Waals surface area contributed by atoms with Crippen LogP contribution in [-0.4, -0.2) is 28.1 Å². The maximum absolute atomic E-state index is 13.0. The Balaban J connectivity index is 1.44. The molecule has 0 spiro atoms. The summed E-state index contributed by atoms with van der Waals surface area (Å²) in [4.78, 5) is 25.2. The van der Waals surface area contributed by atoms with Crippen LogP contribution in [0.2, 0.25) is 5.02 Å². The molecule has 0 heterocycles. The largest absolute Gasteiger partial charge is 0.416 e. The van der Waals surface area contributed by atoms with Crippen LogP contribution < -0.4 is 10.6 Å². The molecule has 2 aliphatic rings. The Hall–Kier alpha value is -2.10. The van der Waals surface area contributed by atoms with Crippen molar-refractivity contribution >= 4 is 52.3 Å². The Bertz CT molecular complexity index is 1130. The van der Waals surface area contributed by atoms with Crippen molar-refractivity contribution in [3.8, 4) is 0 Å². The van der Waals surface area contributed by atoms with E-state index >= 15 is 0 Å². The average molecular weight is 542 g/mol. The van der Waals surface area contributed by atoms with Crippen molar-refractivity contribution in [2.45, 2.75) is 41.2 Å². The summed E-state index contributed by atoms with van der Waals surface area (Å²) in [5, 5.41) is 5.08. The lowest BCUT2D eigenvalue weighted by Crippen LogP contribution is -2.50. The number of rotatable bonds is 5. The molecule has 12 heteroatoms. The third-order valence-electron chi connectivity index (χ3n) is 5.84. The third kappa shape index (κ3) is 4.97. The highest BCUT2D eigenvalue weighted by Gasteiger charge is 2.67. The number of hydrogen-bond donors (Lipinski definition) is 2. The summed E-state index contributed by atoms with van der Waals surface area (Å²) in [5.74, 6) is -5.78. The van der Waals surface area contributed by atoms with E-state index in [4.69, 9.17) is 34.8 Å². The van der Waals surface area contributed by atoms with Gasteiger partial charge in [-0.25, -0.2) is 8.78 Å². The summed E-state index contributed by atoms with van der Waals surface area (Å²) >= 11 is 18.5. The molecule has 2 saturated carbocycles. The van der Waals surface area contributed by atoms with E-state index in [0.717, 1.165) is 12.1 Å². The molecule has 0 saturated heterocycles. The minimum absolute atomic E-state index is 0.0206. The standard InChI is InChI=1S/C22H16Cl3F5N2O2/c23-15-6-5-12(7-14(15)18(33)32-13-8-20(26,27)9-13)31-19(34)17-16(21(17,24)25)10-1-3-11(4-2-10)22(28,29)30/h1-7,13,16-17H,8-9H2,(H,31,34)(H,32,33). The summed E-state index contributed by atoms with van der Waals surface area (Å²) in [6, 6.07) is 7.59. The first-order valence-electron chi connectivity index (χ1n) is 10.0. The lowest BCUT2D eigenvalue weighted by atomic mass is 9.88. The quantitative estimate of drug-likeness (QED) is 0.339. The van der Waals surface area contributed by atoms with Gasteiger partial charge in [0.15, 0.2) is 0 Å². The van der Waals surface area contributed by atoms with Gasteiger partial charge in [-0.2, -0.15) is 13.2 Å². The molecule has 2 N–H and O–H groups in total. The molecule has 2 atom stereocenters. The highest BCUT2D eigenvalue weighted by Crippen LogP contribution is 2.65. The summed E-state index contributed by atoms with van der Waals surface area (Å²) < 4.78 is 62.8. The molecule has 0 radical (unpaired) electrons. The second-order valence-corrected chi connectivity index (χ2v) is 10.2. The zero-order valence-corrected chi connectivity index (χ0v) is 19.3. The summed E-state index contributed by atoms with van der Waals surface area (Å²) in [6.45, 7) is 0. The molecule has 0 aromatic heterocycles. The third-order valence-corrected chi connectivity index (χ3v) is 7.11. The number of amides is 2. The summed E-state index contributed by atoms with van der Waals surface area (Å²) in [7, 11) is 0. The minimum atomic E-state index is -4.50. The fourth-order valence-corrected chi connectivity index (χ4v) is 5.00. The van der Waals surface area contributed by atoms with E-state index in [9.17, 15) is 31.5 Å². The lowest BCUT2D eigenvalue weighted by molar-refractivity contribution is -0.137. The second kappa shape index (κ2) is 8.53. The monoisotopic (exact) mass is 540 g/mol. The predicted molar refractivity (Wildman–Crippen MR) is 118 cm³/mol. The van der Waals surface area contributed by atoms with Crippen LogP contribution in [0.1, 0.15) is 40.2 Å². The normalized spacial score (nSPS) is 23.1. The molecule has 4 nitrogen and oxygen atoms in total. The zero-order valence-electron chi connectivity index (χ0n) is 17.0. The number of hydrogen-bond acceptors (Lipinski definition) is 2. The molecule has 4 rings (SSSR count). The Morgan fingerprint density at radius 3 is 2.18 bits per heavy atom. The van der Waals surface area contributed by atoms with Crippen molar-refractivity contribution in [2.24, 2.45) is 5.92 Å². The molecule has 34 heavy (non-hydrogen) atoms. The van der Waals surface area contributed by atoms with Crippen molar-refractivity contribution in [3.63, 3.8) is 0 Å². The highest BCUT2D eigenvalue weighted by atomic mass is 35.5. The summed E-state index contributed by atoms with van der Waals surface area (Å²) in [6.07, 6.45) is -5.43. The molecule has 2 aromatic carbocycles. The van der Waals surface area contributed by atoms with Gasteiger partial charge in [-0.05, 0) is 35.9 Å². The number of nitrogens with one attached hydrogen (secondary N) is 2. The number of anilines is 1. The maximum atomic E-state index is 13.0. The van der Waals surface area contributed by atoms with Gasteiger partial charge in [0.2, 0.25) is 5.91 Å². The van der Waals surface area contributed by atoms with Crippen LogP contribution in [0.15, 0.2) is 42.5 Å². The van der Waals surface area contributed by atoms with Gasteiger partial charge in [-0.1, -0.05) is 23.7 Å². The molecule has 2 aliphatic carbocycles. The van der Waals surface area contributed by atoms with E-state index in [1.54, 1.807) is 0 Å². The van der Waals surface area contributed by atoms with Gasteiger partial charge in [-0.3, -0.25) is 9.59 Å². The zero-order chi connectivity index (χ0) is 25.1. The van der Waals surface area contributed by atoms with Gasteiger partial charge in [0.25, 0.3) is 11.8 Å². The Labute approximate surface area is 205 Å². The SMILES string of the molecule is O=C(NC1CC(F)(F)C1)c1cc(NC(=O)C2C(c3ccc(C(F)(F)F)cc3)C2(Cl)Cl)ccc1Cl. The smallest absolute Gasteiger partial charge is 0.349 e. The van der Waals surface area contributed by atoms with Gasteiger partial charge in [0.05, 0.1) is 22.1 Å². The fourth-order valence-electron chi connectivity index (χ4n) is 3.97. The Morgan fingerprint density at radius 2 is 1.62 bits per heavy atom. The number of halogens is 8. The van der Waals surface area contributed by atoms with Crippen LogP contribution in [0.5, 0.6) is 0 Å². The molecule has 182 valence electrons. The van der Waals surface area contributed by atoms with E-state index in [-0.39, 0.29) is 16.3 Å². The lowest BCUT2D eigenvalue weighted by Gasteiger charge is -2.35. The van der Waals surface area contributed by atoms with Gasteiger partial charge in [0.1, 0.15) is 4.33 Å². The highest BCUT2D eigenvalue weighted by molar-refractivity contribution is 6.53. The molecular formula is C22H16Cl3F5N2O2. The van der Waals surface area contributed by atoms with Crippen LogP contribution in [0, 0.1) is 5.92 Å². The van der Waals surface area contributed by atoms with Crippen molar-refractivity contribution < 1.29 is 31.5 Å². The minimum Gasteiger partial charge on any atom is -0.349 e. The van der Waals surface area contributed by atoms with Crippen LogP contribution in [0.4, 0.5) is 27.6 Å². The van der Waals surface area contributed by atoms with E-state index < -0.39 is 64.5 Å². The van der Waals surface area contributed by atoms with Crippen LogP contribution in [-0.2, 0) is 11.0 Å². The number of benzene rings is 2. The molecule has 2 aromatic rings. The molecule has 0 bridgehead atoms. The van der Waals surface area contributed by atoms with E-state index in [0.29, 0.717) is 5.56 Å². The fraction of sp³-hybridized carbons (Fsp3) is 0.364. The molecule has 2 unspecified atom stereocenters. The van der Waals surface area contributed by atoms with Gasteiger partial charge in [0, 0.05) is 30.5 Å². The molecule has 2 fully saturated rings. The first-order chi connectivity index (χ1) is 15.7.